The smallest absolute Gasteiger partial charge is 0.355 e. The molecule has 0 saturated carbocycles. The Kier molecular flexibility index (Phi) is 9.52. The molecule has 234 valence electrons. The number of benzene rings is 2. The molecular formula is C35H30ClN3O6S. The summed E-state index contributed by atoms with van der Waals surface area (Å²) in [6, 6.07) is 15.8. The Hall–Kier alpha value is -5.03. The number of rotatable bonds is 9. The van der Waals surface area contributed by atoms with Crippen LogP contribution in [0.15, 0.2) is 86.5 Å². The van der Waals surface area contributed by atoms with Gasteiger partial charge in [-0.25, -0.2) is 18.1 Å². The molecule has 0 spiro atoms. The number of hydrogen-bond acceptors (Lipinski definition) is 7. The van der Waals surface area contributed by atoms with Crippen LogP contribution < -0.4 is 4.72 Å². The van der Waals surface area contributed by atoms with E-state index in [-0.39, 0.29) is 28.3 Å². The maximum Gasteiger partial charge on any atom is 0.355 e. The Morgan fingerprint density at radius 1 is 1.11 bits per heavy atom. The minimum Gasteiger partial charge on any atom is -0.489 e. The van der Waals surface area contributed by atoms with Crippen LogP contribution in [0, 0.1) is 24.8 Å². The van der Waals surface area contributed by atoms with Gasteiger partial charge in [-0.3, -0.25) is 4.72 Å². The third-order valence-corrected chi connectivity index (χ3v) is 9.50. The van der Waals surface area contributed by atoms with E-state index in [9.17, 15) is 23.6 Å². The van der Waals surface area contributed by atoms with Gasteiger partial charge in [0.25, 0.3) is 11.6 Å². The molecule has 9 nitrogen and oxygen atoms in total. The van der Waals surface area contributed by atoms with Crippen LogP contribution in [-0.4, -0.2) is 25.2 Å². The maximum absolute atomic E-state index is 12.7. The van der Waals surface area contributed by atoms with Crippen molar-refractivity contribution in [2.75, 3.05) is 10.5 Å². The van der Waals surface area contributed by atoms with Crippen LogP contribution in [0.5, 0.6) is 5.95 Å². The number of ether oxygens (including phenoxy) is 1. The van der Waals surface area contributed by atoms with E-state index in [1.165, 1.54) is 0 Å². The third-order valence-electron chi connectivity index (χ3n) is 7.64. The number of aryl methyl sites for hydroxylation is 1. The lowest BCUT2D eigenvalue weighted by Crippen LogP contribution is -2.16. The van der Waals surface area contributed by atoms with Gasteiger partial charge in [0.05, 0.1) is 12.3 Å². The molecule has 1 aliphatic carbocycles. The first kappa shape index (κ1) is 32.4. The van der Waals surface area contributed by atoms with Crippen molar-refractivity contribution in [1.82, 2.24) is 0 Å². The summed E-state index contributed by atoms with van der Waals surface area (Å²) in [5.74, 6) is -0.826. The van der Waals surface area contributed by atoms with Crippen LogP contribution in [-0.2, 0) is 19.6 Å². The standard InChI is InChI=1S/C35H30ClN3O6S/c1-4-5-17-46(42,43)39-26-15-13-22(14-16-26)30-27(20-37)34(40)44-28(30)18-24-7-6-8-25(32(24)36)19-29-31(33(38-3)35(41)45-29)23-11-9-21(2)10-12-23/h9-16,18-19,39,41H,4-8,17H2,1-2H3/b25-19+,28-18-. The van der Waals surface area contributed by atoms with Gasteiger partial charge in [0.1, 0.15) is 23.2 Å². The molecule has 0 saturated heterocycles. The summed E-state index contributed by atoms with van der Waals surface area (Å²) >= 11 is 6.91. The minimum atomic E-state index is -3.51. The van der Waals surface area contributed by atoms with E-state index in [0.717, 1.165) is 12.0 Å². The van der Waals surface area contributed by atoms with Crippen LogP contribution in [0.4, 0.5) is 11.4 Å². The van der Waals surface area contributed by atoms with Gasteiger partial charge in [0.15, 0.2) is 0 Å². The molecule has 2 aromatic carbocycles. The van der Waals surface area contributed by atoms with Gasteiger partial charge >= 0.3 is 5.97 Å². The molecule has 2 N–H and O–H groups in total. The van der Waals surface area contributed by atoms with Crippen LogP contribution in [0.1, 0.15) is 55.9 Å². The minimum absolute atomic E-state index is 0.00501. The lowest BCUT2D eigenvalue weighted by atomic mass is 9.91. The fraction of sp³-hybridized carbons (Fsp3) is 0.229. The fourth-order valence-corrected chi connectivity index (χ4v) is 6.87. The molecule has 0 unspecified atom stereocenters. The number of nitrogens with zero attached hydrogens (tertiary/aromatic N) is 2. The number of anilines is 1. The summed E-state index contributed by atoms with van der Waals surface area (Å²) in [6.45, 7) is 11.5. The maximum atomic E-state index is 12.7. The average molecular weight is 656 g/mol. The second-order valence-corrected chi connectivity index (χ2v) is 13.2. The first-order valence-electron chi connectivity index (χ1n) is 14.6. The quantitative estimate of drug-likeness (QED) is 0.174. The highest BCUT2D eigenvalue weighted by Crippen LogP contribution is 2.46. The van der Waals surface area contributed by atoms with Gasteiger partial charge in [-0.2, -0.15) is 5.26 Å². The summed E-state index contributed by atoms with van der Waals surface area (Å²) in [7, 11) is -3.51. The Morgan fingerprint density at radius 3 is 2.46 bits per heavy atom. The third kappa shape index (κ3) is 6.79. The molecule has 1 aromatic heterocycles. The molecule has 0 bridgehead atoms. The van der Waals surface area contributed by atoms with E-state index in [2.05, 4.69) is 9.57 Å². The van der Waals surface area contributed by atoms with Crippen molar-refractivity contribution in [3.05, 3.63) is 110 Å². The molecule has 2 aliphatic rings. The Labute approximate surface area is 272 Å². The number of sulfonamides is 1. The van der Waals surface area contributed by atoms with Gasteiger partial charge in [-0.15, -0.1) is 0 Å². The van der Waals surface area contributed by atoms with Crippen molar-refractivity contribution in [1.29, 1.82) is 5.26 Å². The number of halogens is 1. The number of esters is 1. The van der Waals surface area contributed by atoms with E-state index in [4.69, 9.17) is 27.3 Å². The zero-order valence-corrected chi connectivity index (χ0v) is 26.8. The molecule has 5 rings (SSSR count). The number of carbonyl (C=O) groups excluding carboxylic acids is 1. The van der Waals surface area contributed by atoms with Crippen molar-refractivity contribution in [2.24, 2.45) is 0 Å². The number of nitriles is 1. The van der Waals surface area contributed by atoms with Gasteiger partial charge in [-0.1, -0.05) is 66.9 Å². The van der Waals surface area contributed by atoms with Crippen molar-refractivity contribution < 1.29 is 27.5 Å². The van der Waals surface area contributed by atoms with Gasteiger partial charge in [0.2, 0.25) is 10.0 Å². The normalized spacial score (nSPS) is 16.9. The van der Waals surface area contributed by atoms with Crippen molar-refractivity contribution in [3.63, 3.8) is 0 Å². The second-order valence-electron chi connectivity index (χ2n) is 10.9. The van der Waals surface area contributed by atoms with Crippen LogP contribution in [0.25, 0.3) is 27.6 Å². The number of carbonyl (C=O) groups is 1. The van der Waals surface area contributed by atoms with Crippen LogP contribution in [0.3, 0.4) is 0 Å². The number of unbranched alkanes of at least 4 members (excludes halogenated alkanes) is 1. The van der Waals surface area contributed by atoms with Crippen molar-refractivity contribution >= 4 is 50.6 Å². The predicted molar refractivity (Wildman–Crippen MR) is 177 cm³/mol. The molecule has 2 heterocycles. The van der Waals surface area contributed by atoms with Crippen LogP contribution in [0.2, 0.25) is 0 Å². The number of allylic oxidation sites excluding steroid dienone is 5. The highest BCUT2D eigenvalue weighted by molar-refractivity contribution is 7.92. The van der Waals surface area contributed by atoms with Crippen LogP contribution >= 0.6 is 11.6 Å². The van der Waals surface area contributed by atoms with Gasteiger partial charge in [0, 0.05) is 21.9 Å². The Balaban J connectivity index is 1.51. The first-order valence-corrected chi connectivity index (χ1v) is 16.7. The lowest BCUT2D eigenvalue weighted by Gasteiger charge is -2.18. The summed E-state index contributed by atoms with van der Waals surface area (Å²) in [6.07, 6.45) is 6.49. The molecule has 0 atom stereocenters. The van der Waals surface area contributed by atoms with E-state index >= 15 is 0 Å². The molecule has 46 heavy (non-hydrogen) atoms. The average Bonchev–Trinajstić information content (AvgIpc) is 3.52. The molecule has 0 amide bonds. The number of hydrogen-bond donors (Lipinski definition) is 2. The first-order chi connectivity index (χ1) is 22.0. The second kappa shape index (κ2) is 13.5. The van der Waals surface area contributed by atoms with Crippen molar-refractivity contribution in [3.8, 4) is 23.1 Å². The lowest BCUT2D eigenvalue weighted by molar-refractivity contribution is -0.132. The Morgan fingerprint density at radius 2 is 1.80 bits per heavy atom. The summed E-state index contributed by atoms with van der Waals surface area (Å²) in [5, 5.41) is 20.6. The molecule has 0 radical (unpaired) electrons. The Bertz CT molecular complexity index is 2020. The summed E-state index contributed by atoms with van der Waals surface area (Å²) < 4.78 is 38.4. The zero-order valence-electron chi connectivity index (χ0n) is 25.2. The summed E-state index contributed by atoms with van der Waals surface area (Å²) in [5.41, 5.74) is 4.54. The molecule has 1 aliphatic heterocycles. The number of aromatic hydroxyl groups is 1. The zero-order chi connectivity index (χ0) is 33.0. The summed E-state index contributed by atoms with van der Waals surface area (Å²) in [4.78, 5) is 16.2. The topological polar surface area (TPSA) is 134 Å². The largest absolute Gasteiger partial charge is 0.489 e. The number of nitrogens with one attached hydrogen (secondary N) is 1. The highest BCUT2D eigenvalue weighted by Gasteiger charge is 2.32. The van der Waals surface area contributed by atoms with Crippen molar-refractivity contribution in [2.45, 2.75) is 46.0 Å². The van der Waals surface area contributed by atoms with Gasteiger partial charge in [-0.05, 0) is 79.2 Å². The van der Waals surface area contributed by atoms with E-state index < -0.39 is 21.9 Å². The molecule has 11 heteroatoms. The number of cyclic esters (lactones) is 1. The SMILES string of the molecule is [C-]#[N+]c1c(O)oc(/C=C2\CCCC(/C=C3\OC(=O)C(C#N)=C3c3ccc(NS(=O)(=O)CCCC)cc3)=C2Cl)c1-c1ccc(C)cc1. The fourth-order valence-electron chi connectivity index (χ4n) is 5.30. The molecule has 3 aromatic rings. The highest BCUT2D eigenvalue weighted by atomic mass is 35.5. The van der Waals surface area contributed by atoms with E-state index in [1.54, 1.807) is 36.4 Å². The number of furan rings is 1. The monoisotopic (exact) mass is 655 g/mol. The predicted octanol–water partition coefficient (Wildman–Crippen LogP) is 8.53. The van der Waals surface area contributed by atoms with E-state index in [1.807, 2.05) is 44.2 Å². The molecular weight excluding hydrogens is 626 g/mol. The van der Waals surface area contributed by atoms with Gasteiger partial charge < -0.3 is 14.3 Å². The van der Waals surface area contributed by atoms with E-state index in [0.29, 0.717) is 70.0 Å². The molecule has 0 fully saturated rings.